The minimum atomic E-state index is -3.20. The van der Waals surface area contributed by atoms with Crippen LogP contribution in [0.4, 0.5) is 0 Å². The molecule has 0 spiro atoms. The third kappa shape index (κ3) is 3.95. The van der Waals surface area contributed by atoms with Crippen LogP contribution in [0.2, 0.25) is 19.6 Å². The van der Waals surface area contributed by atoms with E-state index in [1.165, 1.54) is 0 Å². The molecular formula is C14H24O2SSi. The molecule has 0 atom stereocenters. The Labute approximate surface area is 112 Å². The lowest BCUT2D eigenvalue weighted by Gasteiger charge is -2.23. The van der Waals surface area contributed by atoms with Gasteiger partial charge in [0, 0.05) is 0 Å². The van der Waals surface area contributed by atoms with Crippen molar-refractivity contribution in [3.05, 3.63) is 24.3 Å². The first-order chi connectivity index (χ1) is 7.93. The van der Waals surface area contributed by atoms with E-state index in [1.54, 1.807) is 6.07 Å². The monoisotopic (exact) mass is 284 g/mol. The highest BCUT2D eigenvalue weighted by atomic mass is 32.2. The maximum atomic E-state index is 12.5. The normalized spacial score (nSPS) is 13.7. The molecule has 0 aliphatic carbocycles. The van der Waals surface area contributed by atoms with Crippen molar-refractivity contribution in [2.24, 2.45) is 5.41 Å². The van der Waals surface area contributed by atoms with Crippen LogP contribution in [0.5, 0.6) is 0 Å². The quantitative estimate of drug-likeness (QED) is 0.800. The van der Waals surface area contributed by atoms with Crippen molar-refractivity contribution in [3.63, 3.8) is 0 Å². The summed E-state index contributed by atoms with van der Waals surface area (Å²) in [5.74, 6) is 0.196. The molecule has 102 valence electrons. The number of hydrogen-bond acceptors (Lipinski definition) is 2. The fourth-order valence-electron chi connectivity index (χ4n) is 2.01. The molecule has 0 aromatic heterocycles. The molecule has 1 aromatic rings. The predicted octanol–water partition coefficient (Wildman–Crippen LogP) is 3.05. The first-order valence-electron chi connectivity index (χ1n) is 6.26. The van der Waals surface area contributed by atoms with Gasteiger partial charge in [-0.2, -0.15) is 0 Å². The molecule has 0 heterocycles. The fraction of sp³-hybridized carbons (Fsp3) is 0.571. The molecule has 1 rings (SSSR count). The number of rotatable bonds is 3. The lowest BCUT2D eigenvalue weighted by Crippen LogP contribution is -2.41. The zero-order chi connectivity index (χ0) is 14.2. The third-order valence-corrected chi connectivity index (χ3v) is 7.16. The first-order valence-corrected chi connectivity index (χ1v) is 11.4. The van der Waals surface area contributed by atoms with E-state index in [9.17, 15) is 8.42 Å². The van der Waals surface area contributed by atoms with Gasteiger partial charge in [-0.05, 0) is 16.7 Å². The van der Waals surface area contributed by atoms with Crippen LogP contribution in [0.3, 0.4) is 0 Å². The van der Waals surface area contributed by atoms with E-state index in [4.69, 9.17) is 0 Å². The second-order valence-electron chi connectivity index (χ2n) is 7.07. The molecule has 2 nitrogen and oxygen atoms in total. The molecule has 0 N–H and O–H groups in total. The van der Waals surface area contributed by atoms with Crippen LogP contribution in [0, 0.1) is 5.41 Å². The van der Waals surface area contributed by atoms with Crippen LogP contribution in [-0.4, -0.2) is 22.2 Å². The van der Waals surface area contributed by atoms with Gasteiger partial charge in [-0.15, -0.1) is 0 Å². The van der Waals surface area contributed by atoms with Crippen molar-refractivity contribution in [1.29, 1.82) is 0 Å². The van der Waals surface area contributed by atoms with Gasteiger partial charge in [-0.3, -0.25) is 0 Å². The molecule has 1 aromatic carbocycles. The van der Waals surface area contributed by atoms with E-state index < -0.39 is 17.9 Å². The van der Waals surface area contributed by atoms with Crippen molar-refractivity contribution < 1.29 is 8.42 Å². The van der Waals surface area contributed by atoms with Gasteiger partial charge >= 0.3 is 0 Å². The number of sulfone groups is 1. The lowest BCUT2D eigenvalue weighted by atomic mass is 10.0. The molecule has 0 unspecified atom stereocenters. The molecular weight excluding hydrogens is 260 g/mol. The number of benzene rings is 1. The Balaban J connectivity index is 3.35. The van der Waals surface area contributed by atoms with E-state index in [0.29, 0.717) is 4.90 Å². The Hall–Kier alpha value is -0.613. The zero-order valence-corrected chi connectivity index (χ0v) is 14.1. The highest BCUT2D eigenvalue weighted by Crippen LogP contribution is 2.22. The van der Waals surface area contributed by atoms with Gasteiger partial charge in [0.05, 0.1) is 18.7 Å². The molecule has 0 saturated carbocycles. The average Bonchev–Trinajstić information content (AvgIpc) is 2.12. The lowest BCUT2D eigenvalue weighted by molar-refractivity contribution is 0.462. The maximum Gasteiger partial charge on any atom is 0.178 e. The molecule has 0 saturated heterocycles. The van der Waals surface area contributed by atoms with Crippen molar-refractivity contribution in [2.75, 3.05) is 5.75 Å². The fourth-order valence-corrected chi connectivity index (χ4v) is 6.79. The summed E-state index contributed by atoms with van der Waals surface area (Å²) >= 11 is 0. The van der Waals surface area contributed by atoms with Gasteiger partial charge in [-0.1, -0.05) is 58.6 Å². The SMILES string of the molecule is CC(C)(C)CS(=O)(=O)c1ccccc1[Si](C)(C)C. The van der Waals surface area contributed by atoms with Crippen LogP contribution in [0.15, 0.2) is 29.2 Å². The predicted molar refractivity (Wildman–Crippen MR) is 80.9 cm³/mol. The molecule has 0 bridgehead atoms. The summed E-state index contributed by atoms with van der Waals surface area (Å²) in [5, 5.41) is 1.04. The van der Waals surface area contributed by atoms with Crippen LogP contribution in [-0.2, 0) is 9.84 Å². The van der Waals surface area contributed by atoms with Crippen molar-refractivity contribution in [2.45, 2.75) is 45.3 Å². The molecule has 18 heavy (non-hydrogen) atoms. The van der Waals surface area contributed by atoms with Gasteiger partial charge in [0.15, 0.2) is 9.84 Å². The smallest absolute Gasteiger partial charge is 0.178 e. The van der Waals surface area contributed by atoms with Gasteiger partial charge < -0.3 is 0 Å². The minimum absolute atomic E-state index is 0.196. The highest BCUT2D eigenvalue weighted by molar-refractivity contribution is 7.91. The Morgan fingerprint density at radius 2 is 1.56 bits per heavy atom. The Kier molecular flexibility index (Phi) is 4.13. The number of hydrogen-bond donors (Lipinski definition) is 0. The standard InChI is InChI=1S/C14H24O2SSi/c1-14(2,3)11-17(15,16)12-9-7-8-10-13(12)18(4,5)6/h7-10H,11H2,1-6H3. The topological polar surface area (TPSA) is 34.1 Å². The molecule has 0 amide bonds. The van der Waals surface area contributed by atoms with Crippen LogP contribution >= 0.6 is 0 Å². The van der Waals surface area contributed by atoms with Gasteiger partial charge in [-0.25, -0.2) is 8.42 Å². The molecule has 0 radical (unpaired) electrons. The minimum Gasteiger partial charge on any atom is -0.224 e. The van der Waals surface area contributed by atoms with Crippen molar-refractivity contribution >= 4 is 23.1 Å². The molecule has 0 fully saturated rings. The van der Waals surface area contributed by atoms with Crippen LogP contribution in [0.1, 0.15) is 20.8 Å². The van der Waals surface area contributed by atoms with Gasteiger partial charge in [0.25, 0.3) is 0 Å². The highest BCUT2D eigenvalue weighted by Gasteiger charge is 2.29. The van der Waals surface area contributed by atoms with Crippen LogP contribution in [0.25, 0.3) is 0 Å². The van der Waals surface area contributed by atoms with E-state index in [2.05, 4.69) is 19.6 Å². The van der Waals surface area contributed by atoms with E-state index in [-0.39, 0.29) is 11.2 Å². The summed E-state index contributed by atoms with van der Waals surface area (Å²) in [6.07, 6.45) is 0. The summed E-state index contributed by atoms with van der Waals surface area (Å²) in [6, 6.07) is 7.49. The largest absolute Gasteiger partial charge is 0.224 e. The van der Waals surface area contributed by atoms with Gasteiger partial charge in [0.2, 0.25) is 0 Å². The van der Waals surface area contributed by atoms with Gasteiger partial charge in [0.1, 0.15) is 0 Å². The second kappa shape index (κ2) is 4.81. The summed E-state index contributed by atoms with van der Waals surface area (Å²) in [5.41, 5.74) is -0.217. The van der Waals surface area contributed by atoms with E-state index in [0.717, 1.165) is 5.19 Å². The van der Waals surface area contributed by atoms with Crippen molar-refractivity contribution in [1.82, 2.24) is 0 Å². The Bertz CT molecular complexity index is 519. The zero-order valence-electron chi connectivity index (χ0n) is 12.2. The maximum absolute atomic E-state index is 12.5. The van der Waals surface area contributed by atoms with Crippen molar-refractivity contribution in [3.8, 4) is 0 Å². The summed E-state index contributed by atoms with van der Waals surface area (Å²) in [4.78, 5) is 0.541. The summed E-state index contributed by atoms with van der Waals surface area (Å²) in [6.45, 7) is 12.4. The summed E-state index contributed by atoms with van der Waals surface area (Å²) in [7, 11) is -4.84. The first kappa shape index (κ1) is 15.4. The summed E-state index contributed by atoms with van der Waals surface area (Å²) < 4.78 is 25.1. The molecule has 0 aliphatic heterocycles. The van der Waals surface area contributed by atoms with Crippen LogP contribution < -0.4 is 5.19 Å². The third-order valence-electron chi connectivity index (χ3n) is 2.65. The average molecular weight is 284 g/mol. The van der Waals surface area contributed by atoms with E-state index in [1.807, 2.05) is 39.0 Å². The molecule has 0 aliphatic rings. The second-order valence-corrected chi connectivity index (χ2v) is 14.1. The molecule has 4 heteroatoms. The Morgan fingerprint density at radius 3 is 2.00 bits per heavy atom. The van der Waals surface area contributed by atoms with E-state index >= 15 is 0 Å². The Morgan fingerprint density at radius 1 is 1.06 bits per heavy atom.